The van der Waals surface area contributed by atoms with Crippen LogP contribution in [0.4, 0.5) is 10.1 Å². The molecule has 1 atom stereocenters. The van der Waals surface area contributed by atoms with Gasteiger partial charge < -0.3 is 10.2 Å². The highest BCUT2D eigenvalue weighted by atomic mass is 35.5. The third-order valence-electron chi connectivity index (χ3n) is 7.25. The number of nitrogens with one attached hydrogen (secondary N) is 1. The Morgan fingerprint density at radius 3 is 2.30 bits per heavy atom. The fourth-order valence-corrected chi connectivity index (χ4v) is 6.52. The van der Waals surface area contributed by atoms with E-state index >= 15 is 0 Å². The van der Waals surface area contributed by atoms with Crippen LogP contribution in [-0.4, -0.2) is 43.8 Å². The highest BCUT2D eigenvalue weighted by Gasteiger charge is 2.34. The normalized spacial score (nSPS) is 14.5. The number of carbonyl (C=O) groups is 2. The first kappa shape index (κ1) is 29.6. The number of amides is 2. The molecule has 0 aromatic heterocycles. The van der Waals surface area contributed by atoms with E-state index in [9.17, 15) is 22.4 Å². The Morgan fingerprint density at radius 1 is 1.00 bits per heavy atom. The molecule has 0 spiro atoms. The first-order valence-electron chi connectivity index (χ1n) is 13.2. The van der Waals surface area contributed by atoms with Crippen molar-refractivity contribution in [1.82, 2.24) is 10.2 Å². The van der Waals surface area contributed by atoms with Crippen LogP contribution in [-0.2, 0) is 26.2 Å². The smallest absolute Gasteiger partial charge is 0.264 e. The van der Waals surface area contributed by atoms with Gasteiger partial charge in [-0.3, -0.25) is 13.9 Å². The van der Waals surface area contributed by atoms with Gasteiger partial charge in [0.25, 0.3) is 10.0 Å². The minimum Gasteiger partial charge on any atom is -0.352 e. The second-order valence-corrected chi connectivity index (χ2v) is 12.3. The third kappa shape index (κ3) is 6.82. The molecule has 0 radical (unpaired) electrons. The summed E-state index contributed by atoms with van der Waals surface area (Å²) >= 11 is 6.35. The Hall–Kier alpha value is -3.43. The molecule has 0 saturated heterocycles. The van der Waals surface area contributed by atoms with Gasteiger partial charge in [0.2, 0.25) is 11.8 Å². The predicted molar refractivity (Wildman–Crippen MR) is 154 cm³/mol. The molecule has 212 valence electrons. The summed E-state index contributed by atoms with van der Waals surface area (Å²) in [6.07, 6.45) is 3.81. The Labute approximate surface area is 240 Å². The highest BCUT2D eigenvalue weighted by molar-refractivity contribution is 7.92. The van der Waals surface area contributed by atoms with Gasteiger partial charge in [0, 0.05) is 17.6 Å². The molecule has 3 aromatic carbocycles. The molecule has 0 bridgehead atoms. The lowest BCUT2D eigenvalue weighted by atomic mass is 10.1. The van der Waals surface area contributed by atoms with Gasteiger partial charge in [-0.15, -0.1) is 0 Å². The zero-order chi connectivity index (χ0) is 28.9. The van der Waals surface area contributed by atoms with Crippen LogP contribution < -0.4 is 9.62 Å². The Morgan fingerprint density at radius 2 is 1.65 bits per heavy atom. The average molecular weight is 586 g/mol. The number of rotatable bonds is 10. The Bertz CT molecular complexity index is 1450. The maximum atomic E-state index is 14.0. The number of carbonyl (C=O) groups excluding carboxylic acids is 2. The molecule has 4 rings (SSSR count). The molecule has 40 heavy (non-hydrogen) atoms. The van der Waals surface area contributed by atoms with Crippen molar-refractivity contribution >= 4 is 39.1 Å². The van der Waals surface area contributed by atoms with Crippen LogP contribution in [0.5, 0.6) is 0 Å². The molecule has 7 nitrogen and oxygen atoms in total. The fraction of sp³-hybridized carbons (Fsp3) is 0.333. The molecule has 0 unspecified atom stereocenters. The van der Waals surface area contributed by atoms with Crippen LogP contribution in [0.15, 0.2) is 77.7 Å². The van der Waals surface area contributed by atoms with Crippen LogP contribution in [0.1, 0.15) is 43.7 Å². The monoisotopic (exact) mass is 585 g/mol. The maximum absolute atomic E-state index is 14.0. The largest absolute Gasteiger partial charge is 0.352 e. The number of anilines is 1. The first-order valence-corrected chi connectivity index (χ1v) is 15.1. The number of hydrogen-bond acceptors (Lipinski definition) is 4. The molecule has 1 aliphatic carbocycles. The molecule has 1 saturated carbocycles. The van der Waals surface area contributed by atoms with E-state index in [4.69, 9.17) is 11.6 Å². The topological polar surface area (TPSA) is 86.8 Å². The molecule has 0 heterocycles. The van der Waals surface area contributed by atoms with Crippen molar-refractivity contribution in [1.29, 1.82) is 0 Å². The van der Waals surface area contributed by atoms with Crippen molar-refractivity contribution in [2.24, 2.45) is 0 Å². The van der Waals surface area contributed by atoms with Crippen LogP contribution in [0, 0.1) is 12.7 Å². The van der Waals surface area contributed by atoms with Gasteiger partial charge in [0.15, 0.2) is 0 Å². The number of hydrogen-bond donors (Lipinski definition) is 1. The number of sulfonamides is 1. The summed E-state index contributed by atoms with van der Waals surface area (Å²) < 4.78 is 42.4. The summed E-state index contributed by atoms with van der Waals surface area (Å²) in [5.74, 6) is -1.33. The summed E-state index contributed by atoms with van der Waals surface area (Å²) in [6.45, 7) is 2.72. The number of halogens is 2. The van der Waals surface area contributed by atoms with Gasteiger partial charge in [-0.1, -0.05) is 60.8 Å². The minimum atomic E-state index is -4.19. The van der Waals surface area contributed by atoms with Crippen LogP contribution >= 0.6 is 11.6 Å². The molecular weight excluding hydrogens is 553 g/mol. The van der Waals surface area contributed by atoms with E-state index in [2.05, 4.69) is 5.32 Å². The van der Waals surface area contributed by atoms with Gasteiger partial charge in [-0.05, 0) is 74.2 Å². The standard InChI is InChI=1S/C30H33ClFN3O4S/c1-21-27(31)13-8-14-28(21)35(40(38,39)26-11-4-3-5-12-26)20-29(36)34(19-23-15-17-24(32)18-16-23)22(2)30(37)33-25-9-6-7-10-25/h3-5,8,11-18,22,25H,6-7,9-10,19-20H2,1-2H3,(H,33,37)/t22-/m0/s1. The summed E-state index contributed by atoms with van der Waals surface area (Å²) in [6, 6.07) is 17.5. The van der Waals surface area contributed by atoms with E-state index in [1.165, 1.54) is 41.3 Å². The Balaban J connectivity index is 1.70. The molecule has 3 aromatic rings. The molecule has 0 aliphatic heterocycles. The van der Waals surface area contributed by atoms with Crippen LogP contribution in [0.25, 0.3) is 0 Å². The molecule has 1 aliphatic rings. The second kappa shape index (κ2) is 12.8. The van der Waals surface area contributed by atoms with Gasteiger partial charge >= 0.3 is 0 Å². The van der Waals surface area contributed by atoms with Crippen molar-refractivity contribution in [3.05, 3.63) is 94.8 Å². The van der Waals surface area contributed by atoms with Crippen molar-refractivity contribution < 1.29 is 22.4 Å². The number of nitrogens with zero attached hydrogens (tertiary/aromatic N) is 2. The molecule has 2 amide bonds. The fourth-order valence-electron chi connectivity index (χ4n) is 4.86. The van der Waals surface area contributed by atoms with Crippen molar-refractivity contribution in [2.45, 2.75) is 63.1 Å². The summed E-state index contributed by atoms with van der Waals surface area (Å²) in [5.41, 5.74) is 1.36. The second-order valence-electron chi connectivity index (χ2n) is 10.0. The maximum Gasteiger partial charge on any atom is 0.264 e. The van der Waals surface area contributed by atoms with Crippen molar-refractivity contribution in [3.63, 3.8) is 0 Å². The average Bonchev–Trinajstić information content (AvgIpc) is 3.46. The third-order valence-corrected chi connectivity index (χ3v) is 9.44. The molecule has 10 heteroatoms. The number of benzene rings is 3. The zero-order valence-corrected chi connectivity index (χ0v) is 24.1. The predicted octanol–water partition coefficient (Wildman–Crippen LogP) is 5.46. The lowest BCUT2D eigenvalue weighted by molar-refractivity contribution is -0.139. The summed E-state index contributed by atoms with van der Waals surface area (Å²) in [7, 11) is -4.19. The lowest BCUT2D eigenvalue weighted by Gasteiger charge is -2.33. The van der Waals surface area contributed by atoms with Crippen molar-refractivity contribution in [2.75, 3.05) is 10.8 Å². The van der Waals surface area contributed by atoms with E-state index in [-0.39, 0.29) is 29.1 Å². The SMILES string of the molecule is Cc1c(Cl)cccc1N(CC(=O)N(Cc1ccc(F)cc1)[C@@H](C)C(=O)NC1CCCC1)S(=O)(=O)c1ccccc1. The molecule has 1 N–H and O–H groups in total. The van der Waals surface area contributed by atoms with E-state index < -0.39 is 34.3 Å². The quantitative estimate of drug-likeness (QED) is 0.342. The van der Waals surface area contributed by atoms with Gasteiger partial charge in [0.05, 0.1) is 10.6 Å². The molecule has 1 fully saturated rings. The summed E-state index contributed by atoms with van der Waals surface area (Å²) in [5, 5.41) is 3.38. The zero-order valence-electron chi connectivity index (χ0n) is 22.5. The molecular formula is C30H33ClFN3O4S. The van der Waals surface area contributed by atoms with Gasteiger partial charge in [-0.2, -0.15) is 0 Å². The lowest BCUT2D eigenvalue weighted by Crippen LogP contribution is -2.52. The van der Waals surface area contributed by atoms with Crippen molar-refractivity contribution in [3.8, 4) is 0 Å². The summed E-state index contributed by atoms with van der Waals surface area (Å²) in [4.78, 5) is 28.6. The van der Waals surface area contributed by atoms with Gasteiger partial charge in [-0.25, -0.2) is 12.8 Å². The van der Waals surface area contributed by atoms with Crippen LogP contribution in [0.3, 0.4) is 0 Å². The van der Waals surface area contributed by atoms with E-state index in [0.29, 0.717) is 16.1 Å². The van der Waals surface area contributed by atoms with Gasteiger partial charge in [0.1, 0.15) is 18.4 Å². The minimum absolute atomic E-state index is 0.00782. The van der Waals surface area contributed by atoms with E-state index in [0.717, 1.165) is 30.0 Å². The first-order chi connectivity index (χ1) is 19.1. The van der Waals surface area contributed by atoms with Crippen LogP contribution in [0.2, 0.25) is 5.02 Å². The Kier molecular flexibility index (Phi) is 9.48. The van der Waals surface area contributed by atoms with E-state index in [1.807, 2.05) is 0 Å². The highest BCUT2D eigenvalue weighted by Crippen LogP contribution is 2.31. The van der Waals surface area contributed by atoms with E-state index in [1.54, 1.807) is 50.2 Å².